The predicted molar refractivity (Wildman–Crippen MR) is 74.2 cm³/mol. The van der Waals surface area contributed by atoms with Crippen LogP contribution >= 0.6 is 15.9 Å². The van der Waals surface area contributed by atoms with E-state index in [2.05, 4.69) is 20.8 Å². The number of likely N-dealkylation sites (tertiary alicyclic amines) is 1. The van der Waals surface area contributed by atoms with Crippen molar-refractivity contribution < 1.29 is 13.9 Å². The lowest BCUT2D eigenvalue weighted by atomic mass is 10.0. The number of hydrogen-bond acceptors (Lipinski definition) is 3. The lowest BCUT2D eigenvalue weighted by Gasteiger charge is -2.33. The standard InChI is InChI=1S/C14H17BrFNO2/c1-19-14(18)12-7-2-3-8-17(12)9-10-5-4-6-11(16)13(10)15/h4-6,12H,2-3,7-9H2,1H3. The van der Waals surface area contributed by atoms with E-state index in [4.69, 9.17) is 4.74 Å². The van der Waals surface area contributed by atoms with Gasteiger partial charge in [-0.25, -0.2) is 4.39 Å². The Bertz CT molecular complexity index is 467. The van der Waals surface area contributed by atoms with Gasteiger partial charge in [-0.1, -0.05) is 18.6 Å². The van der Waals surface area contributed by atoms with Gasteiger partial charge in [0.2, 0.25) is 0 Å². The Kier molecular flexibility index (Phi) is 4.93. The third kappa shape index (κ3) is 3.34. The van der Waals surface area contributed by atoms with Gasteiger partial charge in [0.25, 0.3) is 0 Å². The highest BCUT2D eigenvalue weighted by Crippen LogP contribution is 2.25. The van der Waals surface area contributed by atoms with E-state index in [-0.39, 0.29) is 17.8 Å². The predicted octanol–water partition coefficient (Wildman–Crippen LogP) is 3.12. The zero-order valence-electron chi connectivity index (χ0n) is 10.9. The van der Waals surface area contributed by atoms with Gasteiger partial charge in [0.15, 0.2) is 0 Å². The van der Waals surface area contributed by atoms with Crippen molar-refractivity contribution in [1.29, 1.82) is 0 Å². The molecule has 0 aromatic heterocycles. The molecule has 1 aliphatic heterocycles. The molecule has 5 heteroatoms. The van der Waals surface area contributed by atoms with Gasteiger partial charge < -0.3 is 4.74 Å². The molecule has 0 aliphatic carbocycles. The minimum absolute atomic E-state index is 0.202. The lowest BCUT2D eigenvalue weighted by Crippen LogP contribution is -2.44. The van der Waals surface area contributed by atoms with Crippen molar-refractivity contribution in [3.8, 4) is 0 Å². The highest BCUT2D eigenvalue weighted by Gasteiger charge is 2.29. The second-order valence-corrected chi connectivity index (χ2v) is 5.51. The SMILES string of the molecule is COC(=O)C1CCCCN1Cc1cccc(F)c1Br. The minimum Gasteiger partial charge on any atom is -0.468 e. The molecule has 0 spiro atoms. The highest BCUT2D eigenvalue weighted by atomic mass is 79.9. The Labute approximate surface area is 120 Å². The smallest absolute Gasteiger partial charge is 0.323 e. The van der Waals surface area contributed by atoms with Crippen LogP contribution in [0.25, 0.3) is 0 Å². The average Bonchev–Trinajstić information content (AvgIpc) is 2.43. The van der Waals surface area contributed by atoms with E-state index in [1.54, 1.807) is 6.07 Å². The summed E-state index contributed by atoms with van der Waals surface area (Å²) >= 11 is 3.26. The summed E-state index contributed by atoms with van der Waals surface area (Å²) in [5, 5.41) is 0. The first-order chi connectivity index (χ1) is 9.13. The Morgan fingerprint density at radius 3 is 3.05 bits per heavy atom. The second-order valence-electron chi connectivity index (χ2n) is 4.72. The number of piperidine rings is 1. The molecule has 1 heterocycles. The topological polar surface area (TPSA) is 29.5 Å². The number of carbonyl (C=O) groups is 1. The molecular weight excluding hydrogens is 313 g/mol. The largest absolute Gasteiger partial charge is 0.468 e. The summed E-state index contributed by atoms with van der Waals surface area (Å²) in [6.07, 6.45) is 2.89. The molecule has 1 fully saturated rings. The molecule has 0 saturated carbocycles. The summed E-state index contributed by atoms with van der Waals surface area (Å²) < 4.78 is 18.8. The van der Waals surface area contributed by atoms with Crippen LogP contribution in [0.15, 0.2) is 22.7 Å². The molecule has 1 unspecified atom stereocenters. The third-order valence-corrected chi connectivity index (χ3v) is 4.38. The molecule has 1 aromatic carbocycles. The van der Waals surface area contributed by atoms with E-state index in [0.717, 1.165) is 31.4 Å². The number of methoxy groups -OCH3 is 1. The van der Waals surface area contributed by atoms with Crippen molar-refractivity contribution >= 4 is 21.9 Å². The first-order valence-corrected chi connectivity index (χ1v) is 7.17. The summed E-state index contributed by atoms with van der Waals surface area (Å²) in [5.74, 6) is -0.476. The van der Waals surface area contributed by atoms with Gasteiger partial charge in [-0.3, -0.25) is 9.69 Å². The third-order valence-electron chi connectivity index (χ3n) is 3.49. The fraction of sp³-hybridized carbons (Fsp3) is 0.500. The van der Waals surface area contributed by atoms with Crippen LogP contribution in [0.2, 0.25) is 0 Å². The molecule has 0 N–H and O–H groups in total. The highest BCUT2D eigenvalue weighted by molar-refractivity contribution is 9.10. The summed E-state index contributed by atoms with van der Waals surface area (Å²) in [6, 6.07) is 4.76. The van der Waals surface area contributed by atoms with Crippen molar-refractivity contribution in [2.45, 2.75) is 31.8 Å². The Balaban J connectivity index is 2.15. The van der Waals surface area contributed by atoms with Gasteiger partial charge >= 0.3 is 5.97 Å². The van der Waals surface area contributed by atoms with Crippen LogP contribution in [0.4, 0.5) is 4.39 Å². The summed E-state index contributed by atoms with van der Waals surface area (Å²) in [4.78, 5) is 13.8. The lowest BCUT2D eigenvalue weighted by molar-refractivity contribution is -0.148. The summed E-state index contributed by atoms with van der Waals surface area (Å²) in [7, 11) is 1.41. The zero-order chi connectivity index (χ0) is 13.8. The van der Waals surface area contributed by atoms with Crippen molar-refractivity contribution in [2.75, 3.05) is 13.7 Å². The van der Waals surface area contributed by atoms with Crippen molar-refractivity contribution in [1.82, 2.24) is 4.90 Å². The van der Waals surface area contributed by atoms with Crippen LogP contribution in [-0.2, 0) is 16.1 Å². The monoisotopic (exact) mass is 329 g/mol. The van der Waals surface area contributed by atoms with E-state index in [9.17, 15) is 9.18 Å². The van der Waals surface area contributed by atoms with Crippen LogP contribution in [0.5, 0.6) is 0 Å². The first kappa shape index (κ1) is 14.5. The molecular formula is C14H17BrFNO2. The molecule has 0 radical (unpaired) electrons. The molecule has 3 nitrogen and oxygen atoms in total. The average molecular weight is 330 g/mol. The van der Waals surface area contributed by atoms with Crippen molar-refractivity contribution in [2.24, 2.45) is 0 Å². The van der Waals surface area contributed by atoms with Crippen LogP contribution in [-0.4, -0.2) is 30.6 Å². The van der Waals surface area contributed by atoms with Crippen molar-refractivity contribution in [3.05, 3.63) is 34.1 Å². The van der Waals surface area contributed by atoms with Gasteiger partial charge in [-0.15, -0.1) is 0 Å². The van der Waals surface area contributed by atoms with E-state index in [0.29, 0.717) is 11.0 Å². The summed E-state index contributed by atoms with van der Waals surface area (Å²) in [6.45, 7) is 1.39. The quantitative estimate of drug-likeness (QED) is 0.798. The van der Waals surface area contributed by atoms with E-state index >= 15 is 0 Å². The maximum absolute atomic E-state index is 13.5. The maximum Gasteiger partial charge on any atom is 0.323 e. The number of ether oxygens (including phenoxy) is 1. The normalized spacial score (nSPS) is 20.3. The number of benzene rings is 1. The van der Waals surface area contributed by atoms with Crippen LogP contribution in [0.1, 0.15) is 24.8 Å². The number of esters is 1. The molecule has 1 aliphatic rings. The van der Waals surface area contributed by atoms with Gasteiger partial charge in [-0.2, -0.15) is 0 Å². The maximum atomic E-state index is 13.5. The first-order valence-electron chi connectivity index (χ1n) is 6.38. The molecule has 1 aromatic rings. The molecule has 104 valence electrons. The zero-order valence-corrected chi connectivity index (χ0v) is 12.5. The molecule has 2 rings (SSSR count). The summed E-state index contributed by atoms with van der Waals surface area (Å²) in [5.41, 5.74) is 0.857. The number of rotatable bonds is 3. The van der Waals surface area contributed by atoms with E-state index < -0.39 is 0 Å². The molecule has 19 heavy (non-hydrogen) atoms. The van der Waals surface area contributed by atoms with Gasteiger partial charge in [0.1, 0.15) is 11.9 Å². The molecule has 0 bridgehead atoms. The Morgan fingerprint density at radius 2 is 2.32 bits per heavy atom. The molecule has 1 saturated heterocycles. The van der Waals surface area contributed by atoms with Crippen LogP contribution < -0.4 is 0 Å². The van der Waals surface area contributed by atoms with Crippen LogP contribution in [0, 0.1) is 5.82 Å². The van der Waals surface area contributed by atoms with E-state index in [1.807, 2.05) is 6.07 Å². The minimum atomic E-state index is -0.274. The number of carbonyl (C=O) groups excluding carboxylic acids is 1. The van der Waals surface area contributed by atoms with Gasteiger partial charge in [0.05, 0.1) is 11.6 Å². The molecule has 1 atom stereocenters. The Morgan fingerprint density at radius 1 is 1.53 bits per heavy atom. The van der Waals surface area contributed by atoms with E-state index in [1.165, 1.54) is 13.2 Å². The fourth-order valence-electron chi connectivity index (χ4n) is 2.47. The van der Waals surface area contributed by atoms with Gasteiger partial charge in [-0.05, 0) is 46.9 Å². The van der Waals surface area contributed by atoms with Crippen LogP contribution in [0.3, 0.4) is 0 Å². The fourth-order valence-corrected chi connectivity index (χ4v) is 2.86. The Hall–Kier alpha value is -0.940. The number of hydrogen-bond donors (Lipinski definition) is 0. The number of halogens is 2. The second kappa shape index (κ2) is 6.48. The van der Waals surface area contributed by atoms with Crippen molar-refractivity contribution in [3.63, 3.8) is 0 Å². The van der Waals surface area contributed by atoms with Gasteiger partial charge in [0, 0.05) is 6.54 Å². The number of nitrogens with zero attached hydrogens (tertiary/aromatic N) is 1. The molecule has 0 amide bonds.